The van der Waals surface area contributed by atoms with Gasteiger partial charge in [0.15, 0.2) is 0 Å². The van der Waals surface area contributed by atoms with E-state index in [2.05, 4.69) is 59.4 Å². The molecule has 0 bridgehead atoms. The van der Waals surface area contributed by atoms with Crippen LogP contribution in [0, 0.1) is 13.8 Å². The summed E-state index contributed by atoms with van der Waals surface area (Å²) in [4.78, 5) is 17.5. The van der Waals surface area contributed by atoms with E-state index in [0.717, 1.165) is 35.3 Å². The molecule has 0 fully saturated rings. The van der Waals surface area contributed by atoms with Crippen LogP contribution in [-0.4, -0.2) is 15.5 Å². The van der Waals surface area contributed by atoms with Gasteiger partial charge in [-0.15, -0.1) is 11.3 Å². The number of carbonyl (C=O) groups excluding carboxylic acids is 1. The number of nitrogens with one attached hydrogen (secondary N) is 1. The Morgan fingerprint density at radius 2 is 1.74 bits per heavy atom. The number of benzene rings is 2. The van der Waals surface area contributed by atoms with E-state index >= 15 is 0 Å². The van der Waals surface area contributed by atoms with Crippen LogP contribution < -0.4 is 5.32 Å². The summed E-state index contributed by atoms with van der Waals surface area (Å²) in [5.74, 6) is 0. The van der Waals surface area contributed by atoms with Crippen LogP contribution >= 0.6 is 11.3 Å². The highest BCUT2D eigenvalue weighted by Crippen LogP contribution is 2.44. The van der Waals surface area contributed by atoms with Gasteiger partial charge in [-0.25, -0.2) is 4.79 Å². The van der Waals surface area contributed by atoms with Crippen molar-refractivity contribution in [3.63, 3.8) is 0 Å². The molecule has 1 N–H and O–H groups in total. The largest absolute Gasteiger partial charge is 0.322 e. The van der Waals surface area contributed by atoms with E-state index < -0.39 is 0 Å². The van der Waals surface area contributed by atoms with Crippen molar-refractivity contribution in [3.8, 4) is 5.00 Å². The summed E-state index contributed by atoms with van der Waals surface area (Å²) in [6.07, 6.45) is 6.92. The summed E-state index contributed by atoms with van der Waals surface area (Å²) in [5, 5.41) is 4.51. The smallest absolute Gasteiger partial charge is 0.310 e. The summed E-state index contributed by atoms with van der Waals surface area (Å²) < 4.78 is 2.34. The number of nitrogens with zero attached hydrogens (tertiary/aromatic N) is 2. The Morgan fingerprint density at radius 3 is 2.56 bits per heavy atom. The predicted octanol–water partition coefficient (Wildman–Crippen LogP) is 7.17. The Hall–Kier alpha value is -3.31. The molecule has 1 aliphatic carbocycles. The maximum atomic E-state index is 14.0. The second-order valence-corrected chi connectivity index (χ2v) is 10.6. The van der Waals surface area contributed by atoms with Crippen molar-refractivity contribution < 1.29 is 4.79 Å². The van der Waals surface area contributed by atoms with Gasteiger partial charge in [0, 0.05) is 22.3 Å². The van der Waals surface area contributed by atoms with Crippen LogP contribution in [0.4, 0.5) is 10.5 Å². The molecule has 2 aromatic carbocycles. The molecular weight excluding hydrogens is 438 g/mol. The Balaban J connectivity index is 1.51. The fraction of sp³-hybridized carbons (Fsp3) is 0.276. The third kappa shape index (κ3) is 3.55. The monoisotopic (exact) mass is 467 g/mol. The number of rotatable bonds is 2. The van der Waals surface area contributed by atoms with E-state index in [9.17, 15) is 4.79 Å². The zero-order valence-electron chi connectivity index (χ0n) is 19.7. The van der Waals surface area contributed by atoms with Crippen LogP contribution in [0.25, 0.3) is 5.00 Å². The van der Waals surface area contributed by atoms with Gasteiger partial charge in [-0.1, -0.05) is 48.0 Å². The molecule has 0 spiro atoms. The molecule has 34 heavy (non-hydrogen) atoms. The topological polar surface area (TPSA) is 37.3 Å². The maximum absolute atomic E-state index is 14.0. The minimum Gasteiger partial charge on any atom is -0.310 e. The van der Waals surface area contributed by atoms with Gasteiger partial charge in [-0.3, -0.25) is 0 Å². The van der Waals surface area contributed by atoms with Gasteiger partial charge in [0.05, 0.1) is 18.3 Å². The van der Waals surface area contributed by atoms with Crippen molar-refractivity contribution in [1.29, 1.82) is 0 Å². The number of urea groups is 1. The van der Waals surface area contributed by atoms with E-state index in [-0.39, 0.29) is 12.1 Å². The molecule has 6 rings (SSSR count). The molecule has 4 nitrogen and oxygen atoms in total. The third-order valence-electron chi connectivity index (χ3n) is 7.22. The molecule has 1 aliphatic heterocycles. The Kier molecular flexibility index (Phi) is 5.30. The first-order chi connectivity index (χ1) is 16.6. The number of anilines is 1. The number of amides is 2. The molecule has 2 aromatic heterocycles. The molecule has 2 amide bonds. The number of aryl methyl sites for hydroxylation is 3. The fourth-order valence-corrected chi connectivity index (χ4v) is 6.79. The van der Waals surface area contributed by atoms with Gasteiger partial charge < -0.3 is 14.8 Å². The van der Waals surface area contributed by atoms with Crippen molar-refractivity contribution in [2.75, 3.05) is 5.32 Å². The lowest BCUT2D eigenvalue weighted by molar-refractivity contribution is 0.194. The van der Waals surface area contributed by atoms with E-state index in [1.54, 1.807) is 0 Å². The zero-order valence-corrected chi connectivity index (χ0v) is 20.5. The van der Waals surface area contributed by atoms with E-state index in [1.165, 1.54) is 39.4 Å². The van der Waals surface area contributed by atoms with Crippen LogP contribution in [0.1, 0.15) is 57.3 Å². The highest BCUT2D eigenvalue weighted by Gasteiger charge is 2.36. The van der Waals surface area contributed by atoms with Crippen molar-refractivity contribution in [1.82, 2.24) is 9.47 Å². The van der Waals surface area contributed by atoms with Crippen molar-refractivity contribution in [2.24, 2.45) is 0 Å². The van der Waals surface area contributed by atoms with Gasteiger partial charge in [-0.05, 0) is 74.4 Å². The van der Waals surface area contributed by atoms with E-state index in [1.807, 2.05) is 47.4 Å². The number of carbonyl (C=O) groups is 1. The number of fused-ring (bicyclic) bond motifs is 5. The summed E-state index contributed by atoms with van der Waals surface area (Å²) in [5.41, 5.74) is 8.22. The third-order valence-corrected chi connectivity index (χ3v) is 8.55. The van der Waals surface area contributed by atoms with Crippen LogP contribution in [0.5, 0.6) is 0 Å². The molecule has 172 valence electrons. The fourth-order valence-electron chi connectivity index (χ4n) is 5.39. The number of hydrogen-bond acceptors (Lipinski definition) is 2. The first kappa shape index (κ1) is 21.2. The van der Waals surface area contributed by atoms with Crippen LogP contribution in [0.15, 0.2) is 66.9 Å². The highest BCUT2D eigenvalue weighted by molar-refractivity contribution is 7.15. The van der Waals surface area contributed by atoms with Crippen LogP contribution in [-0.2, 0) is 19.4 Å². The van der Waals surface area contributed by atoms with E-state index in [0.29, 0.717) is 6.54 Å². The normalized spacial score (nSPS) is 16.9. The Bertz CT molecular complexity index is 1360. The van der Waals surface area contributed by atoms with Crippen LogP contribution in [0.2, 0.25) is 0 Å². The molecular formula is C29H29N3OS. The quantitative estimate of drug-likeness (QED) is 0.333. The maximum Gasteiger partial charge on any atom is 0.322 e. The lowest BCUT2D eigenvalue weighted by atomic mass is 9.95. The van der Waals surface area contributed by atoms with Crippen molar-refractivity contribution in [3.05, 3.63) is 105 Å². The first-order valence-electron chi connectivity index (χ1n) is 12.1. The molecule has 0 saturated heterocycles. The summed E-state index contributed by atoms with van der Waals surface area (Å²) in [6, 6.07) is 20.7. The Labute approximate surface area is 204 Å². The molecule has 2 aliphatic rings. The van der Waals surface area contributed by atoms with Gasteiger partial charge in [0.2, 0.25) is 0 Å². The molecule has 3 heterocycles. The first-order valence-corrected chi connectivity index (χ1v) is 12.9. The molecule has 4 aromatic rings. The lowest BCUT2D eigenvalue weighted by Crippen LogP contribution is -2.38. The van der Waals surface area contributed by atoms with Crippen molar-refractivity contribution >= 4 is 23.1 Å². The molecule has 0 radical (unpaired) electrons. The minimum atomic E-state index is -0.168. The van der Waals surface area contributed by atoms with Gasteiger partial charge in [-0.2, -0.15) is 0 Å². The number of thiophene rings is 1. The highest BCUT2D eigenvalue weighted by atomic mass is 32.1. The number of hydrogen-bond donors (Lipinski definition) is 1. The minimum absolute atomic E-state index is 0.0590. The average molecular weight is 468 g/mol. The molecule has 0 saturated carbocycles. The lowest BCUT2D eigenvalue weighted by Gasteiger charge is -2.31. The van der Waals surface area contributed by atoms with Gasteiger partial charge >= 0.3 is 6.03 Å². The second-order valence-electron chi connectivity index (χ2n) is 9.48. The summed E-state index contributed by atoms with van der Waals surface area (Å²) in [6.45, 7) is 4.75. The summed E-state index contributed by atoms with van der Waals surface area (Å²) >= 11 is 1.92. The SMILES string of the molecule is Cc1ccc([C@H]2c3cccn3-c3sc4c(c3CN2C(=O)Nc2ccccc2C)CCCC4)cc1. The number of aromatic nitrogens is 1. The van der Waals surface area contributed by atoms with Crippen LogP contribution in [0.3, 0.4) is 0 Å². The summed E-state index contributed by atoms with van der Waals surface area (Å²) in [7, 11) is 0. The second kappa shape index (κ2) is 8.48. The van der Waals surface area contributed by atoms with Crippen molar-refractivity contribution in [2.45, 2.75) is 52.1 Å². The average Bonchev–Trinajstić information content (AvgIpc) is 3.43. The van der Waals surface area contributed by atoms with Gasteiger partial charge in [0.25, 0.3) is 0 Å². The molecule has 5 heteroatoms. The molecule has 1 atom stereocenters. The molecule has 0 unspecified atom stereocenters. The van der Waals surface area contributed by atoms with E-state index in [4.69, 9.17) is 0 Å². The Morgan fingerprint density at radius 1 is 0.941 bits per heavy atom. The number of para-hydroxylation sites is 1. The zero-order chi connectivity index (χ0) is 23.2. The predicted molar refractivity (Wildman–Crippen MR) is 139 cm³/mol. The van der Waals surface area contributed by atoms with Gasteiger partial charge in [0.1, 0.15) is 5.00 Å². The standard InChI is InChI=1S/C29H29N3OS/c1-19-13-15-21(16-14-19)27-25-11-7-17-31(25)28-23(22-9-4-6-12-26(22)34-28)18-32(27)29(33)30-24-10-5-3-8-20(24)2/h3,5,7-8,10-11,13-17,27H,4,6,9,12,18H2,1-2H3,(H,30,33)/t27-/m0/s1.